The zero-order chi connectivity index (χ0) is 19.2. The molecule has 0 aliphatic rings. The normalized spacial score (nSPS) is 11.6. The Morgan fingerprint density at radius 2 is 1.89 bits per heavy atom. The van der Waals surface area contributed by atoms with E-state index in [0.29, 0.717) is 5.82 Å². The van der Waals surface area contributed by atoms with E-state index >= 15 is 0 Å². The number of anilines is 2. The predicted octanol–water partition coefficient (Wildman–Crippen LogP) is 2.77. The van der Waals surface area contributed by atoms with Crippen molar-refractivity contribution < 1.29 is 9.53 Å². The quantitative estimate of drug-likeness (QED) is 0.594. The van der Waals surface area contributed by atoms with Crippen LogP contribution in [0, 0.1) is 0 Å². The molecule has 0 aliphatic carbocycles. The van der Waals surface area contributed by atoms with Crippen molar-refractivity contribution in [3.8, 4) is 17.0 Å². The third kappa shape index (κ3) is 4.59. The fourth-order valence-corrected chi connectivity index (χ4v) is 2.73. The molecule has 1 unspecified atom stereocenters. The summed E-state index contributed by atoms with van der Waals surface area (Å²) in [6.07, 6.45) is 1.61. The average Bonchev–Trinajstić information content (AvgIpc) is 2.68. The standard InChI is InChI=1S/C20H21N5O2/c1-27-18-5-3-2-4-15(18)17-11-20(24-12-23-17)25-14-8-6-13(7-9-14)16(21)10-19(22)26/h2-9,11-12,16H,10,21H2,1H3,(H2,22,26)(H,23,24,25). The first-order valence-electron chi connectivity index (χ1n) is 8.43. The highest BCUT2D eigenvalue weighted by Gasteiger charge is 2.10. The summed E-state index contributed by atoms with van der Waals surface area (Å²) >= 11 is 0. The number of benzene rings is 2. The molecule has 0 bridgehead atoms. The summed E-state index contributed by atoms with van der Waals surface area (Å²) in [4.78, 5) is 19.6. The minimum Gasteiger partial charge on any atom is -0.496 e. The summed E-state index contributed by atoms with van der Waals surface area (Å²) in [7, 11) is 1.63. The van der Waals surface area contributed by atoms with Crippen molar-refractivity contribution in [3.63, 3.8) is 0 Å². The van der Waals surface area contributed by atoms with Crippen LogP contribution in [0.15, 0.2) is 60.9 Å². The third-order valence-corrected chi connectivity index (χ3v) is 4.08. The Kier molecular flexibility index (Phi) is 5.63. The Morgan fingerprint density at radius 1 is 1.15 bits per heavy atom. The number of carbonyl (C=O) groups excluding carboxylic acids is 1. The van der Waals surface area contributed by atoms with E-state index in [0.717, 1.165) is 28.3 Å². The molecule has 0 aliphatic heterocycles. The van der Waals surface area contributed by atoms with Crippen molar-refractivity contribution in [2.24, 2.45) is 11.5 Å². The van der Waals surface area contributed by atoms with Gasteiger partial charge in [0, 0.05) is 29.8 Å². The van der Waals surface area contributed by atoms with E-state index in [-0.39, 0.29) is 6.42 Å². The lowest BCUT2D eigenvalue weighted by Crippen LogP contribution is -2.20. The summed E-state index contributed by atoms with van der Waals surface area (Å²) in [5.74, 6) is 0.976. The van der Waals surface area contributed by atoms with Crippen molar-refractivity contribution in [2.75, 3.05) is 12.4 Å². The first-order valence-corrected chi connectivity index (χ1v) is 8.43. The largest absolute Gasteiger partial charge is 0.496 e. The van der Waals surface area contributed by atoms with Crippen molar-refractivity contribution in [1.82, 2.24) is 9.97 Å². The minimum atomic E-state index is -0.422. The maximum atomic E-state index is 11.0. The molecule has 0 spiro atoms. The molecule has 0 saturated heterocycles. The van der Waals surface area contributed by atoms with E-state index in [1.807, 2.05) is 54.6 Å². The molecule has 1 atom stereocenters. The molecule has 0 fully saturated rings. The van der Waals surface area contributed by atoms with Gasteiger partial charge in [-0.2, -0.15) is 0 Å². The number of nitrogens with two attached hydrogens (primary N) is 2. The molecule has 7 nitrogen and oxygen atoms in total. The number of ether oxygens (including phenoxy) is 1. The SMILES string of the molecule is COc1ccccc1-c1cc(Nc2ccc(C(N)CC(N)=O)cc2)ncn1. The molecular formula is C20H21N5O2. The Bertz CT molecular complexity index is 928. The summed E-state index contributed by atoms with van der Waals surface area (Å²) in [5, 5.41) is 3.23. The van der Waals surface area contributed by atoms with Crippen LogP contribution in [0.25, 0.3) is 11.3 Å². The highest BCUT2D eigenvalue weighted by atomic mass is 16.5. The number of nitrogens with zero attached hydrogens (tertiary/aromatic N) is 2. The number of rotatable bonds is 7. The average molecular weight is 363 g/mol. The van der Waals surface area contributed by atoms with Gasteiger partial charge in [-0.15, -0.1) is 0 Å². The number of amides is 1. The molecule has 3 rings (SSSR count). The monoisotopic (exact) mass is 363 g/mol. The van der Waals surface area contributed by atoms with Crippen LogP contribution in [0.5, 0.6) is 5.75 Å². The second-order valence-electron chi connectivity index (χ2n) is 6.01. The van der Waals surface area contributed by atoms with Gasteiger partial charge in [0.2, 0.25) is 5.91 Å². The molecular weight excluding hydrogens is 342 g/mol. The number of nitrogens with one attached hydrogen (secondary N) is 1. The van der Waals surface area contributed by atoms with Crippen LogP contribution in [0.3, 0.4) is 0 Å². The van der Waals surface area contributed by atoms with Crippen LogP contribution >= 0.6 is 0 Å². The fraction of sp³-hybridized carbons (Fsp3) is 0.150. The summed E-state index contributed by atoms with van der Waals surface area (Å²) in [6.45, 7) is 0. The first-order chi connectivity index (χ1) is 13.1. The number of aromatic nitrogens is 2. The van der Waals surface area contributed by atoms with Gasteiger partial charge in [0.05, 0.1) is 12.8 Å². The predicted molar refractivity (Wildman–Crippen MR) is 104 cm³/mol. The lowest BCUT2D eigenvalue weighted by atomic mass is 10.0. The Morgan fingerprint density at radius 3 is 2.59 bits per heavy atom. The van der Waals surface area contributed by atoms with E-state index < -0.39 is 11.9 Å². The van der Waals surface area contributed by atoms with E-state index in [1.54, 1.807) is 7.11 Å². The van der Waals surface area contributed by atoms with Crippen molar-refractivity contribution in [3.05, 3.63) is 66.5 Å². The van der Waals surface area contributed by atoms with Crippen molar-refractivity contribution in [2.45, 2.75) is 12.5 Å². The van der Waals surface area contributed by atoms with Gasteiger partial charge in [0.1, 0.15) is 17.9 Å². The van der Waals surface area contributed by atoms with Gasteiger partial charge in [-0.1, -0.05) is 24.3 Å². The molecule has 5 N–H and O–H groups in total. The molecule has 1 heterocycles. The number of hydrogen-bond acceptors (Lipinski definition) is 6. The van der Waals surface area contributed by atoms with E-state index in [2.05, 4.69) is 15.3 Å². The molecule has 1 amide bonds. The van der Waals surface area contributed by atoms with Gasteiger partial charge in [-0.25, -0.2) is 9.97 Å². The van der Waals surface area contributed by atoms with E-state index in [4.69, 9.17) is 16.2 Å². The van der Waals surface area contributed by atoms with Gasteiger partial charge in [-0.05, 0) is 29.8 Å². The van der Waals surface area contributed by atoms with Gasteiger partial charge in [-0.3, -0.25) is 4.79 Å². The third-order valence-electron chi connectivity index (χ3n) is 4.08. The van der Waals surface area contributed by atoms with E-state index in [9.17, 15) is 4.79 Å². The molecule has 0 saturated carbocycles. The van der Waals surface area contributed by atoms with Crippen LogP contribution in [0.1, 0.15) is 18.0 Å². The second-order valence-corrected chi connectivity index (χ2v) is 6.01. The van der Waals surface area contributed by atoms with Gasteiger partial charge < -0.3 is 21.5 Å². The van der Waals surface area contributed by atoms with Crippen LogP contribution < -0.4 is 21.5 Å². The number of hydrogen-bond donors (Lipinski definition) is 3. The smallest absolute Gasteiger partial charge is 0.219 e. The number of methoxy groups -OCH3 is 1. The number of para-hydroxylation sites is 1. The maximum Gasteiger partial charge on any atom is 0.219 e. The molecule has 138 valence electrons. The molecule has 1 aromatic heterocycles. The summed E-state index contributed by atoms with van der Waals surface area (Å²) < 4.78 is 5.40. The fourth-order valence-electron chi connectivity index (χ4n) is 2.73. The van der Waals surface area contributed by atoms with Crippen LogP contribution in [0.2, 0.25) is 0 Å². The maximum absolute atomic E-state index is 11.0. The highest BCUT2D eigenvalue weighted by molar-refractivity contribution is 5.74. The zero-order valence-electron chi connectivity index (χ0n) is 14.9. The molecule has 2 aromatic carbocycles. The van der Waals surface area contributed by atoms with Crippen molar-refractivity contribution in [1.29, 1.82) is 0 Å². The Balaban J connectivity index is 1.78. The zero-order valence-corrected chi connectivity index (χ0v) is 14.9. The van der Waals surface area contributed by atoms with Crippen molar-refractivity contribution >= 4 is 17.4 Å². The van der Waals surface area contributed by atoms with Gasteiger partial charge in [0.15, 0.2) is 0 Å². The second kappa shape index (κ2) is 8.29. The Hall–Kier alpha value is -3.45. The van der Waals surface area contributed by atoms with Crippen LogP contribution in [-0.4, -0.2) is 23.0 Å². The minimum absolute atomic E-state index is 0.112. The molecule has 27 heavy (non-hydrogen) atoms. The van der Waals surface area contributed by atoms with Crippen LogP contribution in [0.4, 0.5) is 11.5 Å². The lowest BCUT2D eigenvalue weighted by molar-refractivity contribution is -0.118. The first kappa shape index (κ1) is 18.3. The molecule has 7 heteroatoms. The molecule has 3 aromatic rings. The van der Waals surface area contributed by atoms with Gasteiger partial charge in [0.25, 0.3) is 0 Å². The number of primary amides is 1. The Labute approximate surface area is 157 Å². The number of carbonyl (C=O) groups is 1. The molecule has 0 radical (unpaired) electrons. The van der Waals surface area contributed by atoms with E-state index in [1.165, 1.54) is 6.33 Å². The van der Waals surface area contributed by atoms with Gasteiger partial charge >= 0.3 is 0 Å². The topological polar surface area (TPSA) is 116 Å². The van der Waals surface area contributed by atoms with Crippen LogP contribution in [-0.2, 0) is 4.79 Å². The lowest BCUT2D eigenvalue weighted by Gasteiger charge is -2.12. The summed E-state index contributed by atoms with van der Waals surface area (Å²) in [5.41, 5.74) is 14.5. The highest BCUT2D eigenvalue weighted by Crippen LogP contribution is 2.29. The summed E-state index contributed by atoms with van der Waals surface area (Å²) in [6, 6.07) is 16.6.